The number of likely N-dealkylation sites (N-methyl/N-ethyl adjacent to an activating group) is 1. The van der Waals surface area contributed by atoms with E-state index in [1.807, 2.05) is 18.2 Å². The van der Waals surface area contributed by atoms with Crippen molar-refractivity contribution >= 4 is 21.6 Å². The third-order valence-electron chi connectivity index (χ3n) is 3.00. The lowest BCUT2D eigenvalue weighted by Gasteiger charge is -2.18. The highest BCUT2D eigenvalue weighted by atomic mass is 35.5. The minimum absolute atomic E-state index is 0.127. The molecular weight excluding hydrogens is 329 g/mol. The monoisotopic (exact) mass is 343 g/mol. The summed E-state index contributed by atoms with van der Waals surface area (Å²) in [6.07, 6.45) is 0. The molecule has 2 aromatic rings. The van der Waals surface area contributed by atoms with E-state index < -0.39 is 15.8 Å². The minimum Gasteiger partial charge on any atom is -0.492 e. The van der Waals surface area contributed by atoms with Crippen LogP contribution in [0.2, 0.25) is 5.02 Å². The van der Waals surface area contributed by atoms with Crippen molar-refractivity contribution in [1.82, 2.24) is 4.31 Å². The highest BCUT2D eigenvalue weighted by molar-refractivity contribution is 7.89. The summed E-state index contributed by atoms with van der Waals surface area (Å²) in [6.45, 7) is 0.337. The fraction of sp³-hybridized carbons (Fsp3) is 0.200. The first-order valence-electron chi connectivity index (χ1n) is 6.50. The van der Waals surface area contributed by atoms with Crippen LogP contribution in [-0.4, -0.2) is 32.9 Å². The summed E-state index contributed by atoms with van der Waals surface area (Å²) in [5, 5.41) is -0.143. The first-order chi connectivity index (χ1) is 10.4. The molecule has 0 bridgehead atoms. The van der Waals surface area contributed by atoms with Crippen LogP contribution >= 0.6 is 11.6 Å². The summed E-state index contributed by atoms with van der Waals surface area (Å²) in [5.41, 5.74) is 0. The average molecular weight is 344 g/mol. The molecule has 2 rings (SSSR count). The van der Waals surface area contributed by atoms with Gasteiger partial charge in [-0.1, -0.05) is 29.8 Å². The van der Waals surface area contributed by atoms with E-state index in [1.54, 1.807) is 12.1 Å². The maximum absolute atomic E-state index is 13.0. The zero-order chi connectivity index (χ0) is 16.2. The fourth-order valence-corrected chi connectivity index (χ4v) is 3.44. The molecule has 22 heavy (non-hydrogen) atoms. The number of hydrogen-bond donors (Lipinski definition) is 0. The van der Waals surface area contributed by atoms with Gasteiger partial charge < -0.3 is 4.74 Å². The zero-order valence-electron chi connectivity index (χ0n) is 11.9. The van der Waals surface area contributed by atoms with Crippen LogP contribution in [0, 0.1) is 5.82 Å². The smallest absolute Gasteiger partial charge is 0.244 e. The standard InChI is InChI=1S/C15H15ClFNO3S/c1-18(9-10-21-13-5-3-2-4-6-13)22(19,20)15-8-7-12(17)11-14(15)16/h2-8,11H,9-10H2,1H3. The number of nitrogens with zero attached hydrogens (tertiary/aromatic N) is 1. The van der Waals surface area contributed by atoms with Crippen LogP contribution in [0.3, 0.4) is 0 Å². The quantitative estimate of drug-likeness (QED) is 0.809. The van der Waals surface area contributed by atoms with Crippen molar-refractivity contribution in [3.05, 3.63) is 59.4 Å². The molecule has 0 unspecified atom stereocenters. The van der Waals surface area contributed by atoms with Crippen molar-refractivity contribution in [3.63, 3.8) is 0 Å². The molecule has 0 fully saturated rings. The van der Waals surface area contributed by atoms with Crippen molar-refractivity contribution in [2.24, 2.45) is 0 Å². The van der Waals surface area contributed by atoms with Crippen LogP contribution in [0.25, 0.3) is 0 Å². The Morgan fingerprint density at radius 3 is 2.50 bits per heavy atom. The van der Waals surface area contributed by atoms with Crippen LogP contribution in [-0.2, 0) is 10.0 Å². The Morgan fingerprint density at radius 1 is 1.18 bits per heavy atom. The second kappa shape index (κ2) is 7.09. The van der Waals surface area contributed by atoms with E-state index in [9.17, 15) is 12.8 Å². The number of sulfonamides is 1. The van der Waals surface area contributed by atoms with E-state index in [0.29, 0.717) is 5.75 Å². The maximum Gasteiger partial charge on any atom is 0.244 e. The van der Waals surface area contributed by atoms with E-state index in [2.05, 4.69) is 0 Å². The van der Waals surface area contributed by atoms with Gasteiger partial charge in [0.15, 0.2) is 0 Å². The van der Waals surface area contributed by atoms with Crippen LogP contribution in [0.15, 0.2) is 53.4 Å². The molecule has 0 aliphatic rings. The summed E-state index contributed by atoms with van der Waals surface area (Å²) < 4.78 is 44.3. The average Bonchev–Trinajstić information content (AvgIpc) is 2.47. The predicted molar refractivity (Wildman–Crippen MR) is 83.2 cm³/mol. The summed E-state index contributed by atoms with van der Waals surface area (Å²) in [4.78, 5) is -0.127. The molecule has 0 atom stereocenters. The molecule has 118 valence electrons. The predicted octanol–water partition coefficient (Wildman–Crippen LogP) is 3.18. The SMILES string of the molecule is CN(CCOc1ccccc1)S(=O)(=O)c1ccc(F)cc1Cl. The summed E-state index contributed by atoms with van der Waals surface area (Å²) >= 11 is 5.81. The first-order valence-corrected chi connectivity index (χ1v) is 8.32. The second-order valence-electron chi connectivity index (χ2n) is 4.56. The number of halogens is 2. The highest BCUT2D eigenvalue weighted by Crippen LogP contribution is 2.24. The van der Waals surface area contributed by atoms with E-state index in [-0.39, 0.29) is 23.1 Å². The molecule has 2 aromatic carbocycles. The third kappa shape index (κ3) is 3.97. The number of hydrogen-bond acceptors (Lipinski definition) is 3. The largest absolute Gasteiger partial charge is 0.492 e. The molecular formula is C15H15ClFNO3S. The van der Waals surface area contributed by atoms with Crippen molar-refractivity contribution in [3.8, 4) is 5.75 Å². The molecule has 0 spiro atoms. The Hall–Kier alpha value is -1.63. The van der Waals surface area contributed by atoms with Gasteiger partial charge >= 0.3 is 0 Å². The topological polar surface area (TPSA) is 46.6 Å². The van der Waals surface area contributed by atoms with Crippen molar-refractivity contribution in [1.29, 1.82) is 0 Å². The van der Waals surface area contributed by atoms with Crippen LogP contribution < -0.4 is 4.74 Å². The number of rotatable bonds is 6. The molecule has 0 amide bonds. The lowest BCUT2D eigenvalue weighted by Crippen LogP contribution is -2.31. The Balaban J connectivity index is 2.03. The number of ether oxygens (including phenoxy) is 1. The molecule has 0 aromatic heterocycles. The summed E-state index contributed by atoms with van der Waals surface area (Å²) in [5.74, 6) is 0.0760. The molecule has 0 heterocycles. The van der Waals surface area contributed by atoms with E-state index in [1.165, 1.54) is 7.05 Å². The molecule has 0 aliphatic heterocycles. The fourth-order valence-electron chi connectivity index (χ4n) is 1.78. The van der Waals surface area contributed by atoms with Crippen molar-refractivity contribution < 1.29 is 17.5 Å². The Bertz CT molecular complexity index is 738. The van der Waals surface area contributed by atoms with Crippen LogP contribution in [0.4, 0.5) is 4.39 Å². The van der Waals surface area contributed by atoms with Crippen LogP contribution in [0.1, 0.15) is 0 Å². The third-order valence-corrected chi connectivity index (χ3v) is 5.34. The van der Waals surface area contributed by atoms with Crippen LogP contribution in [0.5, 0.6) is 5.75 Å². The van der Waals surface area contributed by atoms with Gasteiger partial charge in [0, 0.05) is 13.6 Å². The molecule has 0 radical (unpaired) electrons. The summed E-state index contributed by atoms with van der Waals surface area (Å²) in [7, 11) is -2.37. The van der Waals surface area contributed by atoms with Crippen molar-refractivity contribution in [2.75, 3.05) is 20.2 Å². The maximum atomic E-state index is 13.0. The molecule has 4 nitrogen and oxygen atoms in total. The van der Waals surface area contributed by atoms with Gasteiger partial charge in [0.25, 0.3) is 0 Å². The molecule has 0 N–H and O–H groups in total. The Morgan fingerprint density at radius 2 is 1.86 bits per heavy atom. The first kappa shape index (κ1) is 16.7. The number of para-hydroxylation sites is 1. The van der Waals surface area contributed by atoms with Gasteiger partial charge in [-0.05, 0) is 30.3 Å². The van der Waals surface area contributed by atoms with Gasteiger partial charge in [0.1, 0.15) is 23.1 Å². The zero-order valence-corrected chi connectivity index (χ0v) is 13.4. The number of benzene rings is 2. The Labute approximate surface area is 134 Å². The lowest BCUT2D eigenvalue weighted by atomic mass is 10.3. The van der Waals surface area contributed by atoms with E-state index >= 15 is 0 Å². The van der Waals surface area contributed by atoms with Gasteiger partial charge in [-0.3, -0.25) is 0 Å². The van der Waals surface area contributed by atoms with Gasteiger partial charge in [0.2, 0.25) is 10.0 Å². The van der Waals surface area contributed by atoms with E-state index in [0.717, 1.165) is 22.5 Å². The summed E-state index contributed by atoms with van der Waals surface area (Å²) in [6, 6.07) is 12.3. The highest BCUT2D eigenvalue weighted by Gasteiger charge is 2.23. The van der Waals surface area contributed by atoms with Gasteiger partial charge in [-0.25, -0.2) is 12.8 Å². The molecule has 0 aliphatic carbocycles. The Kier molecular flexibility index (Phi) is 5.39. The molecule has 0 saturated heterocycles. The van der Waals surface area contributed by atoms with Crippen molar-refractivity contribution in [2.45, 2.75) is 4.90 Å². The normalized spacial score (nSPS) is 11.6. The van der Waals surface area contributed by atoms with Gasteiger partial charge in [0.05, 0.1) is 5.02 Å². The molecule has 0 saturated carbocycles. The minimum atomic E-state index is -3.79. The lowest BCUT2D eigenvalue weighted by molar-refractivity contribution is 0.287. The van der Waals surface area contributed by atoms with Gasteiger partial charge in [-0.2, -0.15) is 4.31 Å². The second-order valence-corrected chi connectivity index (χ2v) is 6.98. The van der Waals surface area contributed by atoms with Gasteiger partial charge in [-0.15, -0.1) is 0 Å². The van der Waals surface area contributed by atoms with E-state index in [4.69, 9.17) is 16.3 Å². The molecule has 7 heteroatoms.